The Morgan fingerprint density at radius 3 is 2.76 bits per heavy atom. The first-order valence-electron chi connectivity index (χ1n) is 9.43. The maximum atomic E-state index is 12.8. The Morgan fingerprint density at radius 1 is 1.31 bits per heavy atom. The molecule has 0 radical (unpaired) electrons. The minimum Gasteiger partial charge on any atom is -0.332 e. The van der Waals surface area contributed by atoms with Crippen LogP contribution in [0, 0.1) is 17.3 Å². The number of imidazole rings is 1. The van der Waals surface area contributed by atoms with Crippen LogP contribution in [0.3, 0.4) is 0 Å². The molecular weight excluding hydrogens is 410 g/mol. The molecule has 0 aliphatic heterocycles. The molecule has 0 aliphatic rings. The van der Waals surface area contributed by atoms with E-state index >= 15 is 0 Å². The quantitative estimate of drug-likeness (QED) is 0.324. The van der Waals surface area contributed by atoms with Crippen molar-refractivity contribution >= 4 is 40.1 Å². The summed E-state index contributed by atoms with van der Waals surface area (Å²) in [6.07, 6.45) is 5.08. The normalized spacial score (nSPS) is 11.3. The molecule has 3 heterocycles. The van der Waals surface area contributed by atoms with Crippen molar-refractivity contribution in [3.8, 4) is 22.5 Å². The van der Waals surface area contributed by atoms with Gasteiger partial charge in [-0.05, 0) is 32.6 Å². The lowest BCUT2D eigenvalue weighted by atomic mass is 9.91. The maximum absolute atomic E-state index is 12.8. The van der Waals surface area contributed by atoms with E-state index in [1.54, 1.807) is 11.7 Å². The summed E-state index contributed by atoms with van der Waals surface area (Å²) in [6.45, 7) is 7.69. The van der Waals surface area contributed by atoms with E-state index < -0.39 is 11.4 Å². The molecule has 0 saturated heterocycles. The molecule has 7 nitrogen and oxygen atoms in total. The Kier molecular flexibility index (Phi) is 6.50. The van der Waals surface area contributed by atoms with E-state index in [0.717, 1.165) is 24.1 Å². The van der Waals surface area contributed by atoms with Gasteiger partial charge in [-0.3, -0.25) is 4.98 Å². The number of hydrogen-bond donors (Lipinski definition) is 0. The van der Waals surface area contributed by atoms with E-state index in [1.165, 1.54) is 16.1 Å². The number of halogens is 1. The zero-order valence-corrected chi connectivity index (χ0v) is 18.4. The number of unbranched alkanes of at least 4 members (excludes halogenated alkanes) is 2. The molecule has 3 rings (SSSR count). The zero-order chi connectivity index (χ0) is 21.0. The van der Waals surface area contributed by atoms with Crippen LogP contribution in [0.4, 0.5) is 0 Å². The summed E-state index contributed by atoms with van der Waals surface area (Å²) in [7, 11) is 0. The predicted octanol–water partition coefficient (Wildman–Crippen LogP) is 4.54. The molecule has 0 atom stereocenters. The number of thiazole rings is 1. The minimum atomic E-state index is -0.665. The summed E-state index contributed by atoms with van der Waals surface area (Å²) in [5.41, 5.74) is 1.65. The van der Waals surface area contributed by atoms with Gasteiger partial charge in [0.25, 0.3) is 0 Å². The molecule has 0 bridgehead atoms. The van der Waals surface area contributed by atoms with Crippen LogP contribution in [-0.2, 0) is 4.79 Å². The Morgan fingerprint density at radius 2 is 2.10 bits per heavy atom. The molecule has 0 saturated carbocycles. The smallest absolute Gasteiger partial charge is 0.332 e. The van der Waals surface area contributed by atoms with E-state index in [-0.39, 0.29) is 11.0 Å². The number of hydrogen-bond acceptors (Lipinski definition) is 7. The number of carbonyl (C=O) groups is 1. The lowest BCUT2D eigenvalue weighted by Gasteiger charge is -2.20. The fraction of sp³-hybridized carbons (Fsp3) is 0.450. The van der Waals surface area contributed by atoms with E-state index in [9.17, 15) is 4.79 Å². The molecule has 0 amide bonds. The maximum Gasteiger partial charge on any atom is 0.338 e. The molecule has 0 fully saturated rings. The predicted molar refractivity (Wildman–Crippen MR) is 114 cm³/mol. The van der Waals surface area contributed by atoms with Crippen LogP contribution in [0.2, 0.25) is 5.15 Å². The van der Waals surface area contributed by atoms with Gasteiger partial charge < -0.3 is 4.84 Å². The van der Waals surface area contributed by atoms with Crippen molar-refractivity contribution in [3.63, 3.8) is 0 Å². The molecule has 3 aromatic heterocycles. The summed E-state index contributed by atoms with van der Waals surface area (Å²) >= 11 is 7.73. The van der Waals surface area contributed by atoms with Crippen molar-refractivity contribution in [2.75, 3.05) is 0 Å². The van der Waals surface area contributed by atoms with Gasteiger partial charge in [0.2, 0.25) is 11.5 Å². The first kappa shape index (κ1) is 21.2. The van der Waals surface area contributed by atoms with E-state index in [2.05, 4.69) is 38.7 Å². The van der Waals surface area contributed by atoms with Gasteiger partial charge >= 0.3 is 5.97 Å². The van der Waals surface area contributed by atoms with Gasteiger partial charge in [-0.15, -0.1) is 16.1 Å². The van der Waals surface area contributed by atoms with Crippen LogP contribution in [0.1, 0.15) is 59.2 Å². The van der Waals surface area contributed by atoms with Gasteiger partial charge in [-0.1, -0.05) is 37.8 Å². The highest BCUT2D eigenvalue weighted by atomic mass is 35.5. The second-order valence-electron chi connectivity index (χ2n) is 7.13. The number of carbonyl (C=O) groups excluding carboxylic acids is 1. The van der Waals surface area contributed by atoms with Gasteiger partial charge in [-0.2, -0.15) is 4.98 Å². The summed E-state index contributed by atoms with van der Waals surface area (Å²) in [4.78, 5) is 36.5. The van der Waals surface area contributed by atoms with E-state index in [1.807, 2.05) is 20.8 Å². The van der Waals surface area contributed by atoms with Crippen molar-refractivity contribution in [1.82, 2.24) is 24.7 Å². The van der Waals surface area contributed by atoms with Gasteiger partial charge in [0.1, 0.15) is 5.52 Å². The lowest BCUT2D eigenvalue weighted by Crippen LogP contribution is -2.33. The minimum absolute atomic E-state index is 0.158. The Balaban J connectivity index is 2.13. The fourth-order valence-electron chi connectivity index (χ4n) is 2.29. The monoisotopic (exact) mass is 431 g/mol. The van der Waals surface area contributed by atoms with Crippen molar-refractivity contribution in [2.45, 2.75) is 53.4 Å². The zero-order valence-electron chi connectivity index (χ0n) is 16.8. The summed E-state index contributed by atoms with van der Waals surface area (Å²) in [5.74, 6) is 6.24. The van der Waals surface area contributed by atoms with Crippen LogP contribution in [0.25, 0.3) is 21.9 Å². The Hall–Kier alpha value is -2.50. The second kappa shape index (κ2) is 8.89. The SMILES string of the molecule is CCCCC#Cc1nc(Cl)c2nc(-c3cncs3)n(OC(=O)C(C)(C)CC)c2n1. The van der Waals surface area contributed by atoms with E-state index in [4.69, 9.17) is 16.4 Å². The third-order valence-corrected chi connectivity index (χ3v) is 5.58. The summed E-state index contributed by atoms with van der Waals surface area (Å²) in [5, 5.41) is 0.158. The third kappa shape index (κ3) is 4.57. The second-order valence-corrected chi connectivity index (χ2v) is 8.37. The Bertz CT molecular complexity index is 1080. The molecular formula is C20H22ClN5O2S. The van der Waals surface area contributed by atoms with Gasteiger partial charge in [0, 0.05) is 12.6 Å². The van der Waals surface area contributed by atoms with Crippen LogP contribution in [0.15, 0.2) is 11.7 Å². The molecule has 152 valence electrons. The van der Waals surface area contributed by atoms with Crippen molar-refractivity contribution in [2.24, 2.45) is 5.41 Å². The van der Waals surface area contributed by atoms with E-state index in [0.29, 0.717) is 23.4 Å². The molecule has 0 N–H and O–H groups in total. The standard InChI is InChI=1S/C20H22ClN5O2S/c1-5-7-8-9-10-14-23-16(21)15-18(24-14)26(28-19(27)20(3,4)6-2)17(25-15)13-11-22-12-29-13/h11-12H,5-8H2,1-4H3. The van der Waals surface area contributed by atoms with Crippen LogP contribution in [0.5, 0.6) is 0 Å². The third-order valence-electron chi connectivity index (χ3n) is 4.54. The van der Waals surface area contributed by atoms with Crippen molar-refractivity contribution in [1.29, 1.82) is 0 Å². The molecule has 0 aliphatic carbocycles. The molecule has 0 spiro atoms. The van der Waals surface area contributed by atoms with Crippen molar-refractivity contribution in [3.05, 3.63) is 22.7 Å². The van der Waals surface area contributed by atoms with Gasteiger partial charge in [-0.25, -0.2) is 14.8 Å². The highest BCUT2D eigenvalue weighted by molar-refractivity contribution is 7.13. The topological polar surface area (TPSA) is 82.8 Å². The largest absolute Gasteiger partial charge is 0.338 e. The number of aromatic nitrogens is 5. The molecule has 9 heteroatoms. The lowest BCUT2D eigenvalue weighted by molar-refractivity contribution is -0.153. The fourth-order valence-corrected chi connectivity index (χ4v) is 3.08. The summed E-state index contributed by atoms with van der Waals surface area (Å²) in [6, 6.07) is 0. The highest BCUT2D eigenvalue weighted by Crippen LogP contribution is 2.29. The average molecular weight is 432 g/mol. The van der Waals surface area contributed by atoms with Gasteiger partial charge in [0.15, 0.2) is 11.0 Å². The number of nitrogens with zero attached hydrogens (tertiary/aromatic N) is 5. The molecule has 0 aromatic carbocycles. The molecule has 29 heavy (non-hydrogen) atoms. The first-order chi connectivity index (χ1) is 13.9. The van der Waals surface area contributed by atoms with Crippen LogP contribution >= 0.6 is 22.9 Å². The molecule has 0 unspecified atom stereocenters. The highest BCUT2D eigenvalue weighted by Gasteiger charge is 2.30. The Labute approximate surface area is 178 Å². The van der Waals surface area contributed by atoms with Crippen molar-refractivity contribution < 1.29 is 9.63 Å². The average Bonchev–Trinajstić information content (AvgIpc) is 3.34. The van der Waals surface area contributed by atoms with Crippen LogP contribution < -0.4 is 4.84 Å². The van der Waals surface area contributed by atoms with Crippen LogP contribution in [-0.4, -0.2) is 30.6 Å². The summed E-state index contributed by atoms with van der Waals surface area (Å²) < 4.78 is 1.31. The first-order valence-corrected chi connectivity index (χ1v) is 10.7. The van der Waals surface area contributed by atoms with Gasteiger partial charge in [0.05, 0.1) is 15.8 Å². The molecule has 3 aromatic rings. The number of rotatable bonds is 6. The number of fused-ring (bicyclic) bond motifs is 1.